The number of hydrogen-bond donors (Lipinski definition) is 4. The Balaban J connectivity index is 1.54. The molecule has 1 saturated heterocycles. The molecule has 0 saturated carbocycles. The van der Waals surface area contributed by atoms with Crippen molar-refractivity contribution in [2.45, 2.75) is 44.1 Å². The summed E-state index contributed by atoms with van der Waals surface area (Å²) in [5.74, 6) is 2.04. The molecule has 5 rings (SSSR count). The fraction of sp³-hybridized carbons (Fsp3) is 0.500. The van der Waals surface area contributed by atoms with Gasteiger partial charge in [-0.2, -0.15) is 17.0 Å². The van der Waals surface area contributed by atoms with Crippen molar-refractivity contribution in [3.63, 3.8) is 0 Å². The number of fused-ring (bicyclic) bond motifs is 2. The molecule has 1 unspecified atom stereocenters. The van der Waals surface area contributed by atoms with Gasteiger partial charge >= 0.3 is 0 Å². The molecular weight excluding hydrogens is 466 g/mol. The Labute approximate surface area is 207 Å². The number of rotatable bonds is 3. The molecule has 2 aromatic heterocycles. The van der Waals surface area contributed by atoms with E-state index in [0.29, 0.717) is 39.3 Å². The SMILES string of the molecule is C[C@H]1CNCCCN1c1nccc(C(=N)C2=C(O)C3(CCCc4sc(N)c(C#N)c43)CSC2)n1. The van der Waals surface area contributed by atoms with Gasteiger partial charge in [-0.05, 0) is 45.2 Å². The fourth-order valence-corrected chi connectivity index (χ4v) is 7.91. The molecule has 3 aliphatic rings. The van der Waals surface area contributed by atoms with Gasteiger partial charge in [0.15, 0.2) is 0 Å². The van der Waals surface area contributed by atoms with Crippen molar-refractivity contribution >= 4 is 39.8 Å². The number of nitriles is 1. The molecule has 5 N–H and O–H groups in total. The number of thioether (sulfide) groups is 1. The van der Waals surface area contributed by atoms with Gasteiger partial charge in [-0.1, -0.05) is 0 Å². The number of allylic oxidation sites excluding steroid dienone is 1. The van der Waals surface area contributed by atoms with Crippen molar-refractivity contribution in [2.75, 3.05) is 41.8 Å². The molecule has 0 amide bonds. The van der Waals surface area contributed by atoms with E-state index in [4.69, 9.17) is 16.1 Å². The van der Waals surface area contributed by atoms with E-state index in [1.165, 1.54) is 11.3 Å². The van der Waals surface area contributed by atoms with Gasteiger partial charge in [0.25, 0.3) is 0 Å². The second-order valence-corrected chi connectivity index (χ2v) is 11.3. The summed E-state index contributed by atoms with van der Waals surface area (Å²) in [6, 6.07) is 4.28. The Hall–Kier alpha value is -2.61. The first-order chi connectivity index (χ1) is 16.5. The highest BCUT2D eigenvalue weighted by atomic mass is 32.2. The third-order valence-corrected chi connectivity index (χ3v) is 9.39. The zero-order chi connectivity index (χ0) is 23.9. The number of nitrogen functional groups attached to an aromatic ring is 1. The van der Waals surface area contributed by atoms with Crippen molar-refractivity contribution in [3.8, 4) is 6.07 Å². The lowest BCUT2D eigenvalue weighted by Crippen LogP contribution is -2.40. The summed E-state index contributed by atoms with van der Waals surface area (Å²) in [4.78, 5) is 12.5. The van der Waals surface area contributed by atoms with Gasteiger partial charge in [-0.15, -0.1) is 11.3 Å². The van der Waals surface area contributed by atoms with Gasteiger partial charge in [-0.25, -0.2) is 9.97 Å². The van der Waals surface area contributed by atoms with E-state index in [-0.39, 0.29) is 17.5 Å². The Morgan fingerprint density at radius 2 is 2.29 bits per heavy atom. The summed E-state index contributed by atoms with van der Waals surface area (Å²) < 4.78 is 0. The lowest BCUT2D eigenvalue weighted by atomic mass is 9.69. The van der Waals surface area contributed by atoms with Crippen LogP contribution in [0.2, 0.25) is 0 Å². The topological polar surface area (TPSA) is 135 Å². The van der Waals surface area contributed by atoms with Gasteiger partial charge in [0, 0.05) is 52.8 Å². The number of nitrogens with two attached hydrogens (primary N) is 1. The average Bonchev–Trinajstić information content (AvgIpc) is 3.03. The minimum absolute atomic E-state index is 0.207. The number of aliphatic hydroxyl groups is 1. The molecule has 0 aromatic carbocycles. The Bertz CT molecular complexity index is 1200. The summed E-state index contributed by atoms with van der Waals surface area (Å²) in [6.45, 7) is 4.84. The molecule has 0 radical (unpaired) electrons. The first-order valence-electron chi connectivity index (χ1n) is 11.7. The number of aliphatic hydroxyl groups excluding tert-OH is 1. The summed E-state index contributed by atoms with van der Waals surface area (Å²) in [6.07, 6.45) is 5.24. The van der Waals surface area contributed by atoms with Crippen molar-refractivity contribution in [1.82, 2.24) is 15.3 Å². The second-order valence-electron chi connectivity index (χ2n) is 9.22. The van der Waals surface area contributed by atoms with Crippen molar-refractivity contribution in [2.24, 2.45) is 0 Å². The number of nitrogens with one attached hydrogen (secondary N) is 2. The quantitative estimate of drug-likeness (QED) is 0.476. The largest absolute Gasteiger partial charge is 0.511 e. The zero-order valence-electron chi connectivity index (χ0n) is 19.2. The van der Waals surface area contributed by atoms with Crippen molar-refractivity contribution in [3.05, 3.63) is 45.3 Å². The van der Waals surface area contributed by atoms with E-state index < -0.39 is 5.41 Å². The lowest BCUT2D eigenvalue weighted by molar-refractivity contribution is 0.281. The minimum atomic E-state index is -0.669. The number of thiophene rings is 1. The van der Waals surface area contributed by atoms with Gasteiger partial charge in [0.2, 0.25) is 5.95 Å². The van der Waals surface area contributed by atoms with Crippen LogP contribution >= 0.6 is 23.1 Å². The Morgan fingerprint density at radius 1 is 1.44 bits per heavy atom. The number of anilines is 2. The first kappa shape index (κ1) is 23.1. The van der Waals surface area contributed by atoms with Crippen LogP contribution in [0, 0.1) is 16.7 Å². The number of aryl methyl sites for hydroxylation is 1. The highest BCUT2D eigenvalue weighted by Crippen LogP contribution is 2.52. The summed E-state index contributed by atoms with van der Waals surface area (Å²) in [7, 11) is 0. The number of aromatic nitrogens is 2. The van der Waals surface area contributed by atoms with Crippen LogP contribution in [0.15, 0.2) is 23.6 Å². The van der Waals surface area contributed by atoms with E-state index in [2.05, 4.69) is 28.2 Å². The van der Waals surface area contributed by atoms with E-state index in [9.17, 15) is 10.4 Å². The van der Waals surface area contributed by atoms with Crippen LogP contribution in [0.3, 0.4) is 0 Å². The van der Waals surface area contributed by atoms with Gasteiger partial charge in [-0.3, -0.25) is 5.41 Å². The van der Waals surface area contributed by atoms with Crippen LogP contribution < -0.4 is 16.0 Å². The Morgan fingerprint density at radius 3 is 3.12 bits per heavy atom. The van der Waals surface area contributed by atoms with E-state index in [1.807, 2.05) is 0 Å². The summed E-state index contributed by atoms with van der Waals surface area (Å²) in [5, 5.41) is 34.4. The lowest BCUT2D eigenvalue weighted by Gasteiger charge is -2.41. The molecule has 2 atom stereocenters. The van der Waals surface area contributed by atoms with Crippen LogP contribution in [0.1, 0.15) is 47.9 Å². The highest BCUT2D eigenvalue weighted by Gasteiger charge is 2.47. The molecule has 10 heteroatoms. The molecule has 2 aliphatic heterocycles. The smallest absolute Gasteiger partial charge is 0.226 e. The molecule has 2 aromatic rings. The third kappa shape index (κ3) is 3.76. The maximum Gasteiger partial charge on any atom is 0.226 e. The highest BCUT2D eigenvalue weighted by molar-refractivity contribution is 7.99. The van der Waals surface area contributed by atoms with Crippen LogP contribution in [0.25, 0.3) is 0 Å². The molecule has 4 heterocycles. The molecule has 1 fully saturated rings. The van der Waals surface area contributed by atoms with Crippen LogP contribution in [-0.4, -0.2) is 58.0 Å². The monoisotopic (exact) mass is 495 g/mol. The molecular formula is C24H29N7OS2. The van der Waals surface area contributed by atoms with Crippen LogP contribution in [0.5, 0.6) is 0 Å². The fourth-order valence-electron chi connectivity index (χ4n) is 5.38. The zero-order valence-corrected chi connectivity index (χ0v) is 20.9. The maximum atomic E-state index is 11.7. The normalized spacial score (nSPS) is 25.1. The predicted octanol–water partition coefficient (Wildman–Crippen LogP) is 3.38. The molecule has 0 bridgehead atoms. The standard InChI is InChI=1S/C24H29N7OS2/c1-14-11-28-7-3-9-31(14)23-29-8-5-17(30-23)20(26)16-12-33-13-24(21(16)32)6-2-4-18-19(24)15(10-25)22(27)34-18/h5,8,14,26,28,32H,2-4,6-7,9,11-13,27H2,1H3/t14-,24?/m0/s1. The molecule has 34 heavy (non-hydrogen) atoms. The van der Waals surface area contributed by atoms with Gasteiger partial charge < -0.3 is 21.1 Å². The third-order valence-electron chi connectivity index (χ3n) is 7.12. The second kappa shape index (κ2) is 9.21. The first-order valence-corrected chi connectivity index (χ1v) is 13.6. The number of hydrogen-bond acceptors (Lipinski definition) is 10. The van der Waals surface area contributed by atoms with E-state index in [1.54, 1.807) is 24.0 Å². The maximum absolute atomic E-state index is 11.7. The van der Waals surface area contributed by atoms with E-state index >= 15 is 0 Å². The van der Waals surface area contributed by atoms with Gasteiger partial charge in [0.1, 0.15) is 16.8 Å². The van der Waals surface area contributed by atoms with Crippen LogP contribution in [-0.2, 0) is 11.8 Å². The molecule has 8 nitrogen and oxygen atoms in total. The summed E-state index contributed by atoms with van der Waals surface area (Å²) >= 11 is 3.16. The predicted molar refractivity (Wildman–Crippen MR) is 138 cm³/mol. The molecule has 1 spiro atoms. The van der Waals surface area contributed by atoms with Crippen molar-refractivity contribution in [1.29, 1.82) is 10.7 Å². The molecule has 1 aliphatic carbocycles. The van der Waals surface area contributed by atoms with E-state index in [0.717, 1.165) is 55.8 Å². The Kier molecular flexibility index (Phi) is 6.27. The van der Waals surface area contributed by atoms with Gasteiger partial charge in [0.05, 0.1) is 22.4 Å². The van der Waals surface area contributed by atoms with Crippen LogP contribution in [0.4, 0.5) is 10.9 Å². The molecule has 178 valence electrons. The van der Waals surface area contributed by atoms with Crippen molar-refractivity contribution < 1.29 is 5.11 Å². The number of nitrogens with zero attached hydrogens (tertiary/aromatic N) is 4. The summed E-state index contributed by atoms with van der Waals surface area (Å²) in [5.41, 5.74) is 8.22. The average molecular weight is 496 g/mol. The minimum Gasteiger partial charge on any atom is -0.511 e.